The number of amides is 1. The largest absolute Gasteiger partial charge is 0.508 e. The number of phenols is 1. The second-order valence-electron chi connectivity index (χ2n) is 9.95. The fourth-order valence-electron chi connectivity index (χ4n) is 4.09. The number of carbonyl (C=O) groups excluding carboxylic acids is 1. The number of nitrogens with one attached hydrogen (secondary N) is 1. The van der Waals surface area contributed by atoms with Gasteiger partial charge in [0, 0.05) is 30.4 Å². The molecule has 3 rings (SSSR count). The highest BCUT2D eigenvalue weighted by molar-refractivity contribution is 7.91. The smallest absolute Gasteiger partial charge is 0.326 e. The van der Waals surface area contributed by atoms with Gasteiger partial charge in [0.05, 0.1) is 25.4 Å². The standard InChI is InChI=1S/C27H28Cl2NO9PS2/c1-40(35,19-6-4-5-18(31)14-19)8-7-16-11-22(28)25(23(29)12-16)26(32)30-24(27(33)34)13-17-9-20(41(2,36)37)15-21(10-17)42(3,38)39/h4-6,9-12,14-15,24,31H,7-8,13H2,1-3H3,(H,30,32)(H,33,34). The molecule has 3 aromatic carbocycles. The Morgan fingerprint density at radius 3 is 1.93 bits per heavy atom. The molecule has 10 nitrogen and oxygen atoms in total. The molecule has 2 unspecified atom stereocenters. The Hall–Kier alpha value is -2.89. The van der Waals surface area contributed by atoms with Crippen LogP contribution in [0.15, 0.2) is 64.4 Å². The lowest BCUT2D eigenvalue weighted by Gasteiger charge is -2.18. The molecule has 0 radical (unpaired) electrons. The van der Waals surface area contributed by atoms with Crippen LogP contribution >= 0.6 is 30.3 Å². The summed E-state index contributed by atoms with van der Waals surface area (Å²) >= 11 is 12.7. The highest BCUT2D eigenvalue weighted by Gasteiger charge is 2.26. The maximum absolute atomic E-state index is 13.2. The maximum atomic E-state index is 13.2. The van der Waals surface area contributed by atoms with Gasteiger partial charge in [0.15, 0.2) is 19.7 Å². The van der Waals surface area contributed by atoms with Crippen LogP contribution in [-0.2, 0) is 41.9 Å². The Kier molecular flexibility index (Phi) is 10.2. The molecule has 0 heterocycles. The van der Waals surface area contributed by atoms with Crippen molar-refractivity contribution in [1.82, 2.24) is 5.32 Å². The van der Waals surface area contributed by atoms with E-state index in [1.165, 1.54) is 24.3 Å². The van der Waals surface area contributed by atoms with Crippen LogP contribution in [0.1, 0.15) is 21.5 Å². The molecule has 0 aromatic heterocycles. The van der Waals surface area contributed by atoms with Crippen molar-refractivity contribution in [3.05, 3.63) is 81.3 Å². The maximum Gasteiger partial charge on any atom is 0.326 e. The van der Waals surface area contributed by atoms with E-state index in [1.54, 1.807) is 18.8 Å². The molecule has 0 aliphatic carbocycles. The fraction of sp³-hybridized carbons (Fsp3) is 0.259. The van der Waals surface area contributed by atoms with Crippen LogP contribution < -0.4 is 10.6 Å². The molecule has 15 heteroatoms. The van der Waals surface area contributed by atoms with Crippen molar-refractivity contribution in [2.45, 2.75) is 28.7 Å². The first-order valence-electron chi connectivity index (χ1n) is 12.2. The van der Waals surface area contributed by atoms with Gasteiger partial charge < -0.3 is 20.1 Å². The molecule has 0 spiro atoms. The molecule has 1 amide bonds. The number of hydrogen-bond donors (Lipinski definition) is 3. The topological polar surface area (TPSA) is 172 Å². The number of sulfone groups is 2. The fourth-order valence-corrected chi connectivity index (χ4v) is 8.03. The first-order chi connectivity index (χ1) is 19.3. The third-order valence-electron chi connectivity index (χ3n) is 6.37. The monoisotopic (exact) mass is 675 g/mol. The molecule has 2 atom stereocenters. The number of aryl methyl sites for hydroxylation is 1. The number of benzene rings is 3. The highest BCUT2D eigenvalue weighted by Crippen LogP contribution is 2.41. The lowest BCUT2D eigenvalue weighted by molar-refractivity contribution is -0.139. The van der Waals surface area contributed by atoms with Crippen molar-refractivity contribution in [3.63, 3.8) is 0 Å². The van der Waals surface area contributed by atoms with E-state index in [9.17, 15) is 41.2 Å². The van der Waals surface area contributed by atoms with Gasteiger partial charge in [0.1, 0.15) is 18.9 Å². The minimum atomic E-state index is -3.84. The normalized spacial score (nSPS) is 14.1. The Morgan fingerprint density at radius 2 is 1.45 bits per heavy atom. The van der Waals surface area contributed by atoms with E-state index in [0.717, 1.165) is 30.7 Å². The molecular weight excluding hydrogens is 648 g/mol. The van der Waals surface area contributed by atoms with Crippen LogP contribution in [0.4, 0.5) is 0 Å². The number of carboxylic acids is 1. The van der Waals surface area contributed by atoms with Crippen molar-refractivity contribution in [3.8, 4) is 5.75 Å². The van der Waals surface area contributed by atoms with E-state index in [-0.39, 0.29) is 49.3 Å². The van der Waals surface area contributed by atoms with Crippen molar-refractivity contribution >= 4 is 67.2 Å². The van der Waals surface area contributed by atoms with Gasteiger partial charge in [-0.05, 0) is 66.7 Å². The van der Waals surface area contributed by atoms with Gasteiger partial charge in [-0.3, -0.25) is 4.79 Å². The Balaban J connectivity index is 1.83. The summed E-state index contributed by atoms with van der Waals surface area (Å²) in [5, 5.41) is 22.1. The van der Waals surface area contributed by atoms with Crippen molar-refractivity contribution in [1.29, 1.82) is 0 Å². The van der Waals surface area contributed by atoms with Gasteiger partial charge >= 0.3 is 5.97 Å². The number of phenolic OH excluding ortho intramolecular Hbond substituents is 1. The van der Waals surface area contributed by atoms with E-state index in [1.807, 2.05) is 0 Å². The zero-order chi connectivity index (χ0) is 31.6. The van der Waals surface area contributed by atoms with Gasteiger partial charge in [0.2, 0.25) is 0 Å². The molecular formula is C27H28Cl2NO9PS2. The Labute approximate surface area is 253 Å². The van der Waals surface area contributed by atoms with Gasteiger partial charge in [-0.2, -0.15) is 0 Å². The van der Waals surface area contributed by atoms with Crippen LogP contribution in [0.25, 0.3) is 0 Å². The van der Waals surface area contributed by atoms with Gasteiger partial charge in [0.25, 0.3) is 5.91 Å². The summed E-state index contributed by atoms with van der Waals surface area (Å²) < 4.78 is 61.6. The van der Waals surface area contributed by atoms with E-state index >= 15 is 0 Å². The quantitative estimate of drug-likeness (QED) is 0.256. The second kappa shape index (κ2) is 12.8. The van der Waals surface area contributed by atoms with E-state index in [0.29, 0.717) is 10.9 Å². The molecule has 42 heavy (non-hydrogen) atoms. The van der Waals surface area contributed by atoms with Gasteiger partial charge in [-0.1, -0.05) is 35.3 Å². The summed E-state index contributed by atoms with van der Waals surface area (Å²) in [6.07, 6.45) is 1.82. The zero-order valence-corrected chi connectivity index (χ0v) is 26.7. The summed E-state index contributed by atoms with van der Waals surface area (Å²) in [5.41, 5.74) is 0.418. The van der Waals surface area contributed by atoms with E-state index in [4.69, 9.17) is 23.2 Å². The summed E-state index contributed by atoms with van der Waals surface area (Å²) in [6.45, 7) is 1.59. The Bertz CT molecular complexity index is 1750. The molecule has 226 valence electrons. The molecule has 0 fully saturated rings. The van der Waals surface area contributed by atoms with Crippen LogP contribution in [0.2, 0.25) is 10.0 Å². The highest BCUT2D eigenvalue weighted by atomic mass is 35.5. The SMILES string of the molecule is CP(=O)(CCc1cc(Cl)c(C(=O)NC(Cc2cc(S(C)(=O)=O)cc(S(C)(=O)=O)c2)C(=O)O)c(Cl)c1)c1cccc(O)c1. The number of aromatic hydroxyl groups is 1. The molecule has 0 bridgehead atoms. The van der Waals surface area contributed by atoms with Crippen LogP contribution in [0.5, 0.6) is 5.75 Å². The molecule has 3 aromatic rings. The minimum Gasteiger partial charge on any atom is -0.508 e. The third-order valence-corrected chi connectivity index (χ3v) is 11.6. The van der Waals surface area contributed by atoms with Crippen molar-refractivity contribution in [2.75, 3.05) is 25.3 Å². The first-order valence-corrected chi connectivity index (χ1v) is 19.1. The molecule has 3 N–H and O–H groups in total. The van der Waals surface area contributed by atoms with Crippen LogP contribution in [0.3, 0.4) is 0 Å². The summed E-state index contributed by atoms with van der Waals surface area (Å²) in [6, 6.07) is 10.7. The predicted molar refractivity (Wildman–Crippen MR) is 162 cm³/mol. The predicted octanol–water partition coefficient (Wildman–Crippen LogP) is 3.79. The summed E-state index contributed by atoms with van der Waals surface area (Å²) in [4.78, 5) is 24.5. The van der Waals surface area contributed by atoms with Crippen molar-refractivity contribution < 1.29 is 41.2 Å². The molecule has 0 saturated carbocycles. The van der Waals surface area contributed by atoms with E-state index < -0.39 is 51.2 Å². The zero-order valence-electron chi connectivity index (χ0n) is 22.7. The third kappa shape index (κ3) is 8.58. The van der Waals surface area contributed by atoms with Crippen LogP contribution in [0, 0.1) is 0 Å². The lowest BCUT2D eigenvalue weighted by atomic mass is 10.0. The Morgan fingerprint density at radius 1 is 0.905 bits per heavy atom. The average molecular weight is 677 g/mol. The number of hydrogen-bond acceptors (Lipinski definition) is 8. The van der Waals surface area contributed by atoms with Gasteiger partial charge in [-0.15, -0.1) is 0 Å². The average Bonchev–Trinajstić information content (AvgIpc) is 2.85. The van der Waals surface area contributed by atoms with Gasteiger partial charge in [-0.25, -0.2) is 21.6 Å². The van der Waals surface area contributed by atoms with Crippen LogP contribution in [-0.4, -0.2) is 70.3 Å². The number of rotatable bonds is 11. The molecule has 0 saturated heterocycles. The summed E-state index contributed by atoms with van der Waals surface area (Å²) in [5.74, 6) is -2.40. The lowest BCUT2D eigenvalue weighted by Crippen LogP contribution is -2.42. The first kappa shape index (κ1) is 33.6. The molecule has 0 aliphatic heterocycles. The number of carboxylic acid groups (broad SMARTS) is 1. The number of aliphatic carboxylic acids is 1. The second-order valence-corrected chi connectivity index (χ2v) is 18.0. The van der Waals surface area contributed by atoms with Crippen molar-refractivity contribution in [2.24, 2.45) is 0 Å². The number of carbonyl (C=O) groups is 2. The van der Waals surface area contributed by atoms with E-state index in [2.05, 4.69) is 5.32 Å². The number of halogens is 2. The minimum absolute atomic E-state index is 0.00497. The molecule has 0 aliphatic rings. The summed E-state index contributed by atoms with van der Waals surface area (Å²) in [7, 11) is -10.5.